The van der Waals surface area contributed by atoms with Crippen molar-refractivity contribution in [1.29, 1.82) is 0 Å². The summed E-state index contributed by atoms with van der Waals surface area (Å²) in [6.45, 7) is 1.08. The van der Waals surface area contributed by atoms with Gasteiger partial charge in [-0.3, -0.25) is 4.90 Å². The highest BCUT2D eigenvalue weighted by atomic mass is 16.7. The lowest BCUT2D eigenvalue weighted by Gasteiger charge is -2.49. The molecule has 0 radical (unpaired) electrons. The number of ether oxygens (including phenoxy) is 2. The Labute approximate surface area is 163 Å². The van der Waals surface area contributed by atoms with Crippen molar-refractivity contribution in [2.24, 2.45) is 0 Å². The van der Waals surface area contributed by atoms with Crippen molar-refractivity contribution in [2.75, 3.05) is 26.4 Å². The Kier molecular flexibility index (Phi) is 8.98. The van der Waals surface area contributed by atoms with Gasteiger partial charge < -0.3 is 50.3 Å². The third kappa shape index (κ3) is 4.82. The van der Waals surface area contributed by atoms with Crippen molar-refractivity contribution >= 4 is 0 Å². The summed E-state index contributed by atoms with van der Waals surface area (Å²) in [5.41, 5.74) is 0. The van der Waals surface area contributed by atoms with E-state index in [1.807, 2.05) is 6.92 Å². The van der Waals surface area contributed by atoms with Crippen LogP contribution in [0.2, 0.25) is 0 Å². The van der Waals surface area contributed by atoms with Crippen molar-refractivity contribution < 1.29 is 50.3 Å². The molecule has 10 atom stereocenters. The second kappa shape index (κ2) is 10.5. The minimum Gasteiger partial charge on any atom is -0.395 e. The molecule has 0 aromatic carbocycles. The summed E-state index contributed by atoms with van der Waals surface area (Å²) in [7, 11) is 0. The van der Waals surface area contributed by atoms with Gasteiger partial charge in [-0.05, 0) is 13.0 Å². The quantitative estimate of drug-likeness (QED) is 0.193. The van der Waals surface area contributed by atoms with Crippen LogP contribution in [-0.2, 0) is 9.47 Å². The predicted octanol–water partition coefficient (Wildman–Crippen LogP) is -4.27. The number of rotatable bonds is 8. The molecular weight excluding hydrogens is 378 g/mol. The maximum Gasteiger partial charge on any atom is 0.186 e. The largest absolute Gasteiger partial charge is 0.395 e. The molecule has 0 amide bonds. The van der Waals surface area contributed by atoms with Crippen LogP contribution in [0.5, 0.6) is 0 Å². The van der Waals surface area contributed by atoms with E-state index in [-0.39, 0.29) is 6.61 Å². The van der Waals surface area contributed by atoms with Crippen LogP contribution in [-0.4, -0.2) is 133 Å². The lowest BCUT2D eigenvalue weighted by atomic mass is 9.88. The first-order chi connectivity index (χ1) is 13.3. The number of likely N-dealkylation sites (tertiary alicyclic amines) is 1. The van der Waals surface area contributed by atoms with E-state index in [9.17, 15) is 40.9 Å². The van der Waals surface area contributed by atoms with Crippen molar-refractivity contribution in [2.45, 2.75) is 80.9 Å². The Morgan fingerprint density at radius 1 is 0.786 bits per heavy atom. The van der Waals surface area contributed by atoms with Gasteiger partial charge in [0.25, 0.3) is 0 Å². The highest BCUT2D eigenvalue weighted by molar-refractivity contribution is 5.00. The van der Waals surface area contributed by atoms with Crippen LogP contribution >= 0.6 is 0 Å². The summed E-state index contributed by atoms with van der Waals surface area (Å²) in [5.74, 6) is 0. The molecule has 0 aromatic rings. The molecule has 11 nitrogen and oxygen atoms in total. The van der Waals surface area contributed by atoms with Gasteiger partial charge in [0.1, 0.15) is 42.7 Å². The molecule has 0 spiro atoms. The molecule has 0 aliphatic carbocycles. The zero-order chi connectivity index (χ0) is 21.0. The highest BCUT2D eigenvalue weighted by Crippen LogP contribution is 2.27. The summed E-state index contributed by atoms with van der Waals surface area (Å²) in [6, 6.07) is -1.64. The predicted molar refractivity (Wildman–Crippen MR) is 94.0 cm³/mol. The van der Waals surface area contributed by atoms with E-state index in [0.29, 0.717) is 13.0 Å². The number of piperidine rings is 1. The zero-order valence-electron chi connectivity index (χ0n) is 15.9. The number of aliphatic hydroxyl groups is 8. The molecule has 2 aliphatic heterocycles. The summed E-state index contributed by atoms with van der Waals surface area (Å²) < 4.78 is 10.8. The van der Waals surface area contributed by atoms with Crippen molar-refractivity contribution in [3.8, 4) is 0 Å². The van der Waals surface area contributed by atoms with Crippen molar-refractivity contribution in [3.05, 3.63) is 0 Å². The fourth-order valence-corrected chi connectivity index (χ4v) is 3.77. The number of unbranched alkanes of at least 4 members (excludes halogenated alkanes) is 1. The topological polar surface area (TPSA) is 184 Å². The maximum absolute atomic E-state index is 10.4. The lowest BCUT2D eigenvalue weighted by molar-refractivity contribution is -0.307. The lowest BCUT2D eigenvalue weighted by Crippen LogP contribution is -2.69. The first-order valence-electron chi connectivity index (χ1n) is 9.61. The molecule has 2 fully saturated rings. The smallest absolute Gasteiger partial charge is 0.186 e. The molecule has 0 saturated carbocycles. The molecule has 8 N–H and O–H groups in total. The Hall–Kier alpha value is -0.440. The summed E-state index contributed by atoms with van der Waals surface area (Å²) in [6.07, 6.45) is -9.92. The summed E-state index contributed by atoms with van der Waals surface area (Å²) >= 11 is 0. The van der Waals surface area contributed by atoms with Crippen molar-refractivity contribution in [3.63, 3.8) is 0 Å². The van der Waals surface area contributed by atoms with Crippen LogP contribution in [0.25, 0.3) is 0 Å². The summed E-state index contributed by atoms with van der Waals surface area (Å²) in [5, 5.41) is 79.4. The molecule has 166 valence electrons. The SMILES string of the molecule is CCCCN1C(CO)C(O)C(O)C(O)C1COC1OC(CO)C(O)C(O)C1O. The minimum atomic E-state index is -1.60. The van der Waals surface area contributed by atoms with E-state index in [1.165, 1.54) is 0 Å². The second-order valence-electron chi connectivity index (χ2n) is 7.41. The number of aliphatic hydroxyl groups excluding tert-OH is 8. The standard InChI is InChI=1S/C17H33NO10/c1-2-3-4-18-8(5-19)11(21)14(24)12(22)9(18)7-27-17-16(26)15(25)13(23)10(6-20)28-17/h8-17,19-26H,2-7H2,1H3. The Morgan fingerprint density at radius 2 is 1.39 bits per heavy atom. The van der Waals surface area contributed by atoms with Gasteiger partial charge in [0.2, 0.25) is 0 Å². The van der Waals surface area contributed by atoms with Crippen LogP contribution in [0.3, 0.4) is 0 Å². The molecule has 2 saturated heterocycles. The van der Waals surface area contributed by atoms with Gasteiger partial charge in [0, 0.05) is 0 Å². The van der Waals surface area contributed by atoms with E-state index >= 15 is 0 Å². The molecule has 2 heterocycles. The Balaban J connectivity index is 2.11. The number of nitrogens with zero attached hydrogens (tertiary/aromatic N) is 1. The normalized spacial score (nSPS) is 45.3. The molecule has 10 unspecified atom stereocenters. The third-order valence-corrected chi connectivity index (χ3v) is 5.58. The van der Waals surface area contributed by atoms with Crippen LogP contribution in [0.4, 0.5) is 0 Å². The Bertz CT molecular complexity index is 469. The van der Waals surface area contributed by atoms with Crippen LogP contribution in [0, 0.1) is 0 Å². The molecular formula is C17H33NO10. The van der Waals surface area contributed by atoms with Gasteiger partial charge >= 0.3 is 0 Å². The van der Waals surface area contributed by atoms with Crippen LogP contribution in [0.1, 0.15) is 19.8 Å². The van der Waals surface area contributed by atoms with Gasteiger partial charge in [-0.25, -0.2) is 0 Å². The third-order valence-electron chi connectivity index (χ3n) is 5.58. The highest BCUT2D eigenvalue weighted by Gasteiger charge is 2.49. The van der Waals surface area contributed by atoms with E-state index < -0.39 is 74.3 Å². The van der Waals surface area contributed by atoms with Crippen LogP contribution < -0.4 is 0 Å². The van der Waals surface area contributed by atoms with Crippen LogP contribution in [0.15, 0.2) is 0 Å². The van der Waals surface area contributed by atoms with Gasteiger partial charge in [-0.2, -0.15) is 0 Å². The average molecular weight is 411 g/mol. The minimum absolute atomic E-state index is 0.256. The van der Waals surface area contributed by atoms with E-state index in [2.05, 4.69) is 0 Å². The fourth-order valence-electron chi connectivity index (χ4n) is 3.77. The Morgan fingerprint density at radius 3 is 1.96 bits per heavy atom. The molecule has 0 bridgehead atoms. The first-order valence-corrected chi connectivity index (χ1v) is 9.61. The van der Waals surface area contributed by atoms with E-state index in [4.69, 9.17) is 9.47 Å². The average Bonchev–Trinajstić information content (AvgIpc) is 2.69. The van der Waals surface area contributed by atoms with Gasteiger partial charge in [0.15, 0.2) is 6.29 Å². The van der Waals surface area contributed by atoms with E-state index in [0.717, 1.165) is 6.42 Å². The summed E-state index contributed by atoms with van der Waals surface area (Å²) in [4.78, 5) is 1.65. The monoisotopic (exact) mass is 411 g/mol. The van der Waals surface area contributed by atoms with Gasteiger partial charge in [-0.15, -0.1) is 0 Å². The van der Waals surface area contributed by atoms with Crippen molar-refractivity contribution in [1.82, 2.24) is 4.90 Å². The number of hydrogen-bond acceptors (Lipinski definition) is 11. The first kappa shape index (κ1) is 23.8. The molecule has 2 aliphatic rings. The van der Waals surface area contributed by atoms with E-state index in [1.54, 1.807) is 4.90 Å². The molecule has 0 aromatic heterocycles. The van der Waals surface area contributed by atoms with Gasteiger partial charge in [0.05, 0.1) is 31.9 Å². The zero-order valence-corrected chi connectivity index (χ0v) is 15.9. The molecule has 2 rings (SSSR count). The molecule has 11 heteroatoms. The second-order valence-corrected chi connectivity index (χ2v) is 7.41. The fraction of sp³-hybridized carbons (Fsp3) is 1.00. The maximum atomic E-state index is 10.4. The van der Waals surface area contributed by atoms with Gasteiger partial charge in [-0.1, -0.05) is 13.3 Å². The molecule has 28 heavy (non-hydrogen) atoms. The number of hydrogen-bond donors (Lipinski definition) is 8.